The van der Waals surface area contributed by atoms with E-state index >= 15 is 0 Å². The molecule has 0 N–H and O–H groups in total. The Labute approximate surface area is 142 Å². The second-order valence-electron chi connectivity index (χ2n) is 6.11. The number of hydrogen-bond acceptors (Lipinski definition) is 4. The van der Waals surface area contributed by atoms with Gasteiger partial charge in [-0.15, -0.1) is 0 Å². The largest absolute Gasteiger partial charge is 0.302 e. The van der Waals surface area contributed by atoms with Crippen molar-refractivity contribution in [1.82, 2.24) is 9.88 Å². The number of para-hydroxylation sites is 1. The first kappa shape index (κ1) is 16.4. The van der Waals surface area contributed by atoms with Gasteiger partial charge < -0.3 is 4.90 Å². The van der Waals surface area contributed by atoms with Crippen molar-refractivity contribution in [1.29, 1.82) is 0 Å². The quantitative estimate of drug-likeness (QED) is 0.775. The monoisotopic (exact) mass is 331 g/mol. The lowest BCUT2D eigenvalue weighted by molar-refractivity contribution is -0.124. The summed E-state index contributed by atoms with van der Waals surface area (Å²) >= 11 is 1.63. The van der Waals surface area contributed by atoms with E-state index in [4.69, 9.17) is 4.98 Å². The molecule has 1 saturated carbocycles. The zero-order chi connectivity index (χ0) is 16.2. The first-order chi connectivity index (χ1) is 11.2. The lowest BCUT2D eigenvalue weighted by Crippen LogP contribution is -2.43. The molecule has 0 bridgehead atoms. The highest BCUT2D eigenvalue weighted by Crippen LogP contribution is 2.33. The molecule has 0 atom stereocenters. The topological polar surface area (TPSA) is 36.4 Å². The smallest absolute Gasteiger partial charge is 0.231 e. The lowest BCUT2D eigenvalue weighted by Gasteiger charge is -2.31. The van der Waals surface area contributed by atoms with Crippen LogP contribution in [0.5, 0.6) is 0 Å². The number of carbonyl (C=O) groups excluding carboxylic acids is 1. The third kappa shape index (κ3) is 3.56. The number of aromatic nitrogens is 1. The molecule has 1 fully saturated rings. The van der Waals surface area contributed by atoms with E-state index in [-0.39, 0.29) is 11.8 Å². The van der Waals surface area contributed by atoms with Gasteiger partial charge in [0.2, 0.25) is 5.91 Å². The van der Waals surface area contributed by atoms with Crippen LogP contribution in [0.15, 0.2) is 24.3 Å². The first-order valence-electron chi connectivity index (χ1n) is 8.62. The molecule has 0 unspecified atom stereocenters. The number of amides is 1. The van der Waals surface area contributed by atoms with Crippen molar-refractivity contribution in [2.45, 2.75) is 33.1 Å². The summed E-state index contributed by atoms with van der Waals surface area (Å²) in [5, 5.41) is 0.857. The minimum atomic E-state index is 0.207. The van der Waals surface area contributed by atoms with Gasteiger partial charge >= 0.3 is 0 Å². The van der Waals surface area contributed by atoms with Gasteiger partial charge in [-0.25, -0.2) is 4.98 Å². The first-order valence-corrected chi connectivity index (χ1v) is 9.43. The highest BCUT2D eigenvalue weighted by atomic mass is 32.1. The van der Waals surface area contributed by atoms with Crippen LogP contribution in [-0.2, 0) is 4.79 Å². The maximum absolute atomic E-state index is 12.9. The molecule has 2 aromatic rings. The normalized spacial score (nSPS) is 15.1. The molecule has 1 amide bonds. The van der Waals surface area contributed by atoms with E-state index < -0.39 is 0 Å². The molecule has 0 spiro atoms. The summed E-state index contributed by atoms with van der Waals surface area (Å²) < 4.78 is 1.15. The van der Waals surface area contributed by atoms with Gasteiger partial charge in [-0.05, 0) is 38.1 Å². The molecule has 0 radical (unpaired) electrons. The second-order valence-corrected chi connectivity index (χ2v) is 7.12. The van der Waals surface area contributed by atoms with Crippen LogP contribution in [0.25, 0.3) is 10.2 Å². The van der Waals surface area contributed by atoms with Gasteiger partial charge in [0.1, 0.15) is 0 Å². The van der Waals surface area contributed by atoms with Gasteiger partial charge in [0, 0.05) is 19.0 Å². The Morgan fingerprint density at radius 1 is 1.22 bits per heavy atom. The number of thiazole rings is 1. The number of fused-ring (bicyclic) bond motifs is 1. The molecule has 1 heterocycles. The summed E-state index contributed by atoms with van der Waals surface area (Å²) in [7, 11) is 0. The van der Waals surface area contributed by atoms with Crippen molar-refractivity contribution < 1.29 is 4.79 Å². The van der Waals surface area contributed by atoms with E-state index in [1.807, 2.05) is 23.1 Å². The minimum Gasteiger partial charge on any atom is -0.302 e. The number of carbonyl (C=O) groups is 1. The summed E-state index contributed by atoms with van der Waals surface area (Å²) in [6, 6.07) is 8.12. The summed E-state index contributed by atoms with van der Waals surface area (Å²) in [5.74, 6) is 0.473. The van der Waals surface area contributed by atoms with Gasteiger partial charge in [0.25, 0.3) is 0 Å². The Morgan fingerprint density at radius 3 is 2.57 bits per heavy atom. The molecule has 1 aliphatic rings. The predicted molar refractivity (Wildman–Crippen MR) is 97.1 cm³/mol. The number of anilines is 1. The number of likely N-dealkylation sites (N-methyl/N-ethyl adjacent to an activating group) is 1. The van der Waals surface area contributed by atoms with Gasteiger partial charge in [0.05, 0.1) is 10.2 Å². The summed E-state index contributed by atoms with van der Waals surface area (Å²) in [5.41, 5.74) is 0.988. The molecule has 23 heavy (non-hydrogen) atoms. The highest BCUT2D eigenvalue weighted by Gasteiger charge is 2.31. The summed E-state index contributed by atoms with van der Waals surface area (Å²) in [4.78, 5) is 21.9. The third-order valence-electron chi connectivity index (χ3n) is 4.77. The van der Waals surface area contributed by atoms with Crippen molar-refractivity contribution in [3.05, 3.63) is 24.3 Å². The van der Waals surface area contributed by atoms with E-state index in [2.05, 4.69) is 24.8 Å². The van der Waals surface area contributed by atoms with E-state index in [0.717, 1.165) is 54.4 Å². The molecule has 1 aliphatic carbocycles. The predicted octanol–water partition coefficient (Wildman–Crippen LogP) is 3.77. The Hall–Kier alpha value is -1.46. The Morgan fingerprint density at radius 2 is 1.96 bits per heavy atom. The lowest BCUT2D eigenvalue weighted by atomic mass is 9.84. The van der Waals surface area contributed by atoms with Gasteiger partial charge in [-0.2, -0.15) is 0 Å². The second kappa shape index (κ2) is 7.41. The van der Waals surface area contributed by atoms with Crippen LogP contribution in [0.2, 0.25) is 0 Å². The van der Waals surface area contributed by atoms with Crippen LogP contribution in [0.4, 0.5) is 5.13 Å². The fourth-order valence-electron chi connectivity index (χ4n) is 2.93. The number of rotatable bonds is 7. The average Bonchev–Trinajstić information content (AvgIpc) is 2.93. The molecule has 0 saturated heterocycles. The zero-order valence-corrected chi connectivity index (χ0v) is 14.8. The zero-order valence-electron chi connectivity index (χ0n) is 14.0. The molecule has 124 valence electrons. The Kier molecular flexibility index (Phi) is 5.28. The van der Waals surface area contributed by atoms with Crippen LogP contribution < -0.4 is 4.90 Å². The molecule has 1 aromatic carbocycles. The van der Waals surface area contributed by atoms with Crippen LogP contribution in [-0.4, -0.2) is 42.0 Å². The maximum Gasteiger partial charge on any atom is 0.231 e. The SMILES string of the molecule is CCN(CC)CCN(C(=O)C1CCC1)c1nc2ccccc2s1. The minimum absolute atomic E-state index is 0.207. The van der Waals surface area contributed by atoms with Crippen molar-refractivity contribution in [3.8, 4) is 0 Å². The van der Waals surface area contributed by atoms with Crippen LogP contribution >= 0.6 is 11.3 Å². The van der Waals surface area contributed by atoms with Crippen molar-refractivity contribution >= 4 is 32.6 Å². The standard InChI is InChI=1S/C18H25N3OS/c1-3-20(4-2)12-13-21(17(22)14-8-7-9-14)18-19-15-10-5-6-11-16(15)23-18/h5-6,10-11,14H,3-4,7-9,12-13H2,1-2H3. The maximum atomic E-state index is 12.9. The molecule has 5 heteroatoms. The summed E-state index contributed by atoms with van der Waals surface area (Å²) in [6.45, 7) is 8.00. The van der Waals surface area contributed by atoms with E-state index in [1.54, 1.807) is 11.3 Å². The Bertz CT molecular complexity index is 628. The fourth-order valence-corrected chi connectivity index (χ4v) is 3.93. The number of hydrogen-bond donors (Lipinski definition) is 0. The van der Waals surface area contributed by atoms with Crippen LogP contribution in [0, 0.1) is 5.92 Å². The third-order valence-corrected chi connectivity index (χ3v) is 5.83. The molecule has 3 rings (SSSR count). The van der Waals surface area contributed by atoms with Crippen LogP contribution in [0.1, 0.15) is 33.1 Å². The van der Waals surface area contributed by atoms with E-state index in [9.17, 15) is 4.79 Å². The average molecular weight is 331 g/mol. The van der Waals surface area contributed by atoms with Gasteiger partial charge in [0.15, 0.2) is 5.13 Å². The molecule has 0 aliphatic heterocycles. The number of benzene rings is 1. The molecule has 4 nitrogen and oxygen atoms in total. The van der Waals surface area contributed by atoms with Crippen molar-refractivity contribution in [2.75, 3.05) is 31.1 Å². The summed E-state index contributed by atoms with van der Waals surface area (Å²) in [6.07, 6.45) is 3.25. The molecular weight excluding hydrogens is 306 g/mol. The Balaban J connectivity index is 1.82. The van der Waals surface area contributed by atoms with E-state index in [0.29, 0.717) is 0 Å². The highest BCUT2D eigenvalue weighted by molar-refractivity contribution is 7.22. The van der Waals surface area contributed by atoms with Crippen molar-refractivity contribution in [3.63, 3.8) is 0 Å². The molecule has 1 aromatic heterocycles. The number of nitrogens with zero attached hydrogens (tertiary/aromatic N) is 3. The molecular formula is C18H25N3OS. The van der Waals surface area contributed by atoms with Gasteiger partial charge in [-0.1, -0.05) is 43.7 Å². The fraction of sp³-hybridized carbons (Fsp3) is 0.556. The van der Waals surface area contributed by atoms with Gasteiger partial charge in [-0.3, -0.25) is 9.69 Å². The van der Waals surface area contributed by atoms with Crippen LogP contribution in [0.3, 0.4) is 0 Å². The van der Waals surface area contributed by atoms with Crippen molar-refractivity contribution in [2.24, 2.45) is 5.92 Å². The van der Waals surface area contributed by atoms with E-state index in [1.165, 1.54) is 6.42 Å².